The van der Waals surface area contributed by atoms with Crippen LogP contribution in [-0.2, 0) is 16.6 Å². The summed E-state index contributed by atoms with van der Waals surface area (Å²) in [5.74, 6) is 1.77. The fraction of sp³-hybridized carbons (Fsp3) is 0.389. The molecule has 0 bridgehead atoms. The van der Waals surface area contributed by atoms with Crippen molar-refractivity contribution in [3.8, 4) is 11.5 Å². The van der Waals surface area contributed by atoms with Gasteiger partial charge in [-0.1, -0.05) is 24.6 Å². The molecule has 24 heavy (non-hydrogen) atoms. The molecule has 1 aromatic carbocycles. The standard InChI is InChI=1S/C18H23NO4S/c1-3-8-23-18-12-19-15(11-17(18)20)13-24(21)10-9-22-16-6-4-14(2)5-7-16/h4-7,11-12H,3,8-10,13H2,1-2H3,(H,19,20). The van der Waals surface area contributed by atoms with E-state index in [1.54, 1.807) is 0 Å². The van der Waals surface area contributed by atoms with E-state index >= 15 is 0 Å². The predicted molar refractivity (Wildman–Crippen MR) is 96.2 cm³/mol. The lowest BCUT2D eigenvalue weighted by Crippen LogP contribution is -2.14. The largest absolute Gasteiger partial charge is 0.493 e. The first-order valence-electron chi connectivity index (χ1n) is 7.97. The maximum atomic E-state index is 12.1. The van der Waals surface area contributed by atoms with Gasteiger partial charge in [0, 0.05) is 28.8 Å². The Bertz CT molecular complexity index is 725. The number of aromatic nitrogens is 1. The van der Waals surface area contributed by atoms with Crippen LogP contribution in [0, 0.1) is 6.92 Å². The number of benzene rings is 1. The van der Waals surface area contributed by atoms with Gasteiger partial charge in [-0.05, 0) is 25.5 Å². The molecular weight excluding hydrogens is 326 g/mol. The van der Waals surface area contributed by atoms with E-state index in [0.717, 1.165) is 12.2 Å². The van der Waals surface area contributed by atoms with Crippen molar-refractivity contribution in [3.05, 3.63) is 58.0 Å². The molecule has 2 rings (SSSR count). The van der Waals surface area contributed by atoms with E-state index in [9.17, 15) is 9.00 Å². The van der Waals surface area contributed by atoms with E-state index in [1.807, 2.05) is 38.1 Å². The Morgan fingerprint density at radius 3 is 2.54 bits per heavy atom. The Hall–Kier alpha value is -2.08. The molecule has 0 saturated heterocycles. The molecule has 1 unspecified atom stereocenters. The van der Waals surface area contributed by atoms with Gasteiger partial charge in [0.25, 0.3) is 0 Å². The van der Waals surface area contributed by atoms with Crippen molar-refractivity contribution in [2.24, 2.45) is 0 Å². The van der Waals surface area contributed by atoms with E-state index < -0.39 is 10.8 Å². The molecule has 0 radical (unpaired) electrons. The Balaban J connectivity index is 1.80. The number of aromatic amines is 1. The van der Waals surface area contributed by atoms with Crippen molar-refractivity contribution < 1.29 is 13.7 Å². The van der Waals surface area contributed by atoms with Crippen LogP contribution in [0.4, 0.5) is 0 Å². The van der Waals surface area contributed by atoms with Gasteiger partial charge in [0.05, 0.1) is 24.7 Å². The average molecular weight is 349 g/mol. The van der Waals surface area contributed by atoms with Crippen LogP contribution >= 0.6 is 0 Å². The van der Waals surface area contributed by atoms with Gasteiger partial charge in [-0.2, -0.15) is 0 Å². The second kappa shape index (κ2) is 9.27. The van der Waals surface area contributed by atoms with E-state index in [1.165, 1.54) is 17.8 Å². The number of nitrogens with one attached hydrogen (secondary N) is 1. The maximum absolute atomic E-state index is 12.1. The third-order valence-corrected chi connectivity index (χ3v) is 4.57. The van der Waals surface area contributed by atoms with Crippen molar-refractivity contribution in [3.63, 3.8) is 0 Å². The molecule has 1 atom stereocenters. The second-order valence-corrected chi connectivity index (χ2v) is 7.06. The van der Waals surface area contributed by atoms with Crippen LogP contribution in [0.25, 0.3) is 0 Å². The first kappa shape index (κ1) is 18.3. The van der Waals surface area contributed by atoms with E-state index in [2.05, 4.69) is 4.98 Å². The van der Waals surface area contributed by atoms with Gasteiger partial charge in [0.2, 0.25) is 5.43 Å². The summed E-state index contributed by atoms with van der Waals surface area (Å²) in [5, 5.41) is 0. The predicted octanol–water partition coefficient (Wildman–Crippen LogP) is 2.80. The number of hydrogen-bond donors (Lipinski definition) is 1. The zero-order valence-electron chi connectivity index (χ0n) is 14.0. The summed E-state index contributed by atoms with van der Waals surface area (Å²) in [6.07, 6.45) is 2.37. The monoisotopic (exact) mass is 349 g/mol. The highest BCUT2D eigenvalue weighted by Crippen LogP contribution is 2.11. The normalized spacial score (nSPS) is 11.9. The lowest BCUT2D eigenvalue weighted by molar-refractivity contribution is 0.313. The summed E-state index contributed by atoms with van der Waals surface area (Å²) in [6.45, 7) is 4.87. The van der Waals surface area contributed by atoms with Gasteiger partial charge in [-0.25, -0.2) is 0 Å². The van der Waals surface area contributed by atoms with E-state index in [-0.39, 0.29) is 5.43 Å². The smallest absolute Gasteiger partial charge is 0.223 e. The average Bonchev–Trinajstić information content (AvgIpc) is 2.56. The van der Waals surface area contributed by atoms with Crippen molar-refractivity contribution in [1.29, 1.82) is 0 Å². The van der Waals surface area contributed by atoms with Gasteiger partial charge < -0.3 is 14.5 Å². The first-order valence-corrected chi connectivity index (χ1v) is 9.46. The van der Waals surface area contributed by atoms with Crippen molar-refractivity contribution in [2.45, 2.75) is 26.0 Å². The maximum Gasteiger partial charge on any atom is 0.223 e. The summed E-state index contributed by atoms with van der Waals surface area (Å²) < 4.78 is 23.0. The van der Waals surface area contributed by atoms with Gasteiger partial charge in [-0.3, -0.25) is 9.00 Å². The van der Waals surface area contributed by atoms with Gasteiger partial charge in [0.15, 0.2) is 5.75 Å². The van der Waals surface area contributed by atoms with Crippen LogP contribution in [0.1, 0.15) is 24.6 Å². The van der Waals surface area contributed by atoms with E-state index in [0.29, 0.717) is 36.2 Å². The molecule has 5 nitrogen and oxygen atoms in total. The Labute approximate surface area is 144 Å². The molecule has 0 saturated carbocycles. The minimum absolute atomic E-state index is 0.190. The van der Waals surface area contributed by atoms with Crippen LogP contribution in [0.5, 0.6) is 11.5 Å². The fourth-order valence-electron chi connectivity index (χ4n) is 2.04. The molecule has 1 heterocycles. The molecule has 0 aliphatic heterocycles. The zero-order chi connectivity index (χ0) is 17.4. The van der Waals surface area contributed by atoms with Crippen molar-refractivity contribution in [1.82, 2.24) is 4.98 Å². The number of aryl methyl sites for hydroxylation is 1. The third-order valence-electron chi connectivity index (χ3n) is 3.32. The second-order valence-electron chi connectivity index (χ2n) is 5.49. The highest BCUT2D eigenvalue weighted by Gasteiger charge is 2.07. The Morgan fingerprint density at radius 2 is 1.88 bits per heavy atom. The number of H-pyrrole nitrogens is 1. The molecular formula is C18H23NO4S. The van der Waals surface area contributed by atoms with Crippen LogP contribution in [-0.4, -0.2) is 28.2 Å². The highest BCUT2D eigenvalue weighted by molar-refractivity contribution is 7.84. The molecule has 6 heteroatoms. The third kappa shape index (κ3) is 5.85. The number of hydrogen-bond acceptors (Lipinski definition) is 4. The van der Waals surface area contributed by atoms with Crippen molar-refractivity contribution in [2.75, 3.05) is 19.0 Å². The first-order chi connectivity index (χ1) is 11.6. The minimum atomic E-state index is -1.11. The molecule has 1 N–H and O–H groups in total. The van der Waals surface area contributed by atoms with Crippen molar-refractivity contribution >= 4 is 10.8 Å². The molecule has 0 aliphatic rings. The number of rotatable bonds is 9. The zero-order valence-corrected chi connectivity index (χ0v) is 14.9. The molecule has 0 aliphatic carbocycles. The number of pyridine rings is 1. The Morgan fingerprint density at radius 1 is 1.12 bits per heavy atom. The number of ether oxygens (including phenoxy) is 2. The molecule has 0 fully saturated rings. The summed E-state index contributed by atoms with van der Waals surface area (Å²) in [4.78, 5) is 14.9. The van der Waals surface area contributed by atoms with Crippen LogP contribution < -0.4 is 14.9 Å². The SMILES string of the molecule is CCCOc1c[nH]c(CS(=O)CCOc2ccc(C)cc2)cc1=O. The van der Waals surface area contributed by atoms with Crippen LogP contribution in [0.3, 0.4) is 0 Å². The summed E-state index contributed by atoms with van der Waals surface area (Å²) in [5.41, 5.74) is 1.61. The van der Waals surface area contributed by atoms with Gasteiger partial charge in [-0.15, -0.1) is 0 Å². The quantitative estimate of drug-likeness (QED) is 0.756. The van der Waals surface area contributed by atoms with Crippen LogP contribution in [0.2, 0.25) is 0 Å². The topological polar surface area (TPSA) is 68.4 Å². The van der Waals surface area contributed by atoms with E-state index in [4.69, 9.17) is 9.47 Å². The lowest BCUT2D eigenvalue weighted by atomic mass is 10.2. The molecule has 2 aromatic rings. The molecule has 0 spiro atoms. The molecule has 1 aromatic heterocycles. The molecule has 130 valence electrons. The lowest BCUT2D eigenvalue weighted by Gasteiger charge is -2.07. The van der Waals surface area contributed by atoms with Crippen LogP contribution in [0.15, 0.2) is 41.3 Å². The summed E-state index contributed by atoms with van der Waals surface area (Å²) in [6, 6.07) is 9.18. The summed E-state index contributed by atoms with van der Waals surface area (Å²) in [7, 11) is -1.11. The highest BCUT2D eigenvalue weighted by atomic mass is 32.2. The van der Waals surface area contributed by atoms with Gasteiger partial charge in [0.1, 0.15) is 5.75 Å². The Kier molecular flexibility index (Phi) is 7.06. The van der Waals surface area contributed by atoms with Gasteiger partial charge >= 0.3 is 0 Å². The summed E-state index contributed by atoms with van der Waals surface area (Å²) >= 11 is 0. The fourth-order valence-corrected chi connectivity index (χ4v) is 2.97. The molecule has 0 amide bonds. The minimum Gasteiger partial charge on any atom is -0.493 e.